The molecule has 0 saturated carbocycles. The smallest absolute Gasteiger partial charge is 0.405 e. The first-order valence-corrected chi connectivity index (χ1v) is 6.56. The fourth-order valence-corrected chi connectivity index (χ4v) is 2.39. The molecule has 0 aliphatic rings. The molecule has 19 heavy (non-hydrogen) atoms. The maximum Gasteiger partial charge on any atom is 0.405 e. The number of nitrogens with two attached hydrogens (primary N) is 1. The van der Waals surface area contributed by atoms with Gasteiger partial charge < -0.3 is 15.6 Å². The summed E-state index contributed by atoms with van der Waals surface area (Å²) in [6.07, 6.45) is -0.630. The summed E-state index contributed by atoms with van der Waals surface area (Å²) in [6.45, 7) is 5.67. The number of amides is 1. The molecule has 4 heteroatoms. The van der Waals surface area contributed by atoms with Crippen LogP contribution in [0.4, 0.5) is 4.79 Å². The van der Waals surface area contributed by atoms with E-state index in [-0.39, 0.29) is 5.92 Å². The third-order valence-corrected chi connectivity index (χ3v) is 3.17. The van der Waals surface area contributed by atoms with Crippen LogP contribution in [-0.2, 0) is 11.2 Å². The van der Waals surface area contributed by atoms with Gasteiger partial charge in [-0.05, 0) is 24.8 Å². The van der Waals surface area contributed by atoms with Crippen molar-refractivity contribution in [1.29, 1.82) is 0 Å². The molecule has 0 fully saturated rings. The molecule has 1 amide bonds. The molecule has 1 rings (SSSR count). The second kappa shape index (κ2) is 6.57. The summed E-state index contributed by atoms with van der Waals surface area (Å²) in [4.78, 5) is 11.2. The Hall–Kier alpha value is -1.55. The zero-order valence-corrected chi connectivity index (χ0v) is 11.8. The van der Waals surface area contributed by atoms with Crippen LogP contribution in [0.5, 0.6) is 0 Å². The topological polar surface area (TPSA) is 72.5 Å². The summed E-state index contributed by atoms with van der Waals surface area (Å²) >= 11 is 0. The first-order chi connectivity index (χ1) is 8.85. The lowest BCUT2D eigenvalue weighted by Gasteiger charge is -2.37. The lowest BCUT2D eigenvalue weighted by molar-refractivity contribution is -0.0828. The predicted molar refractivity (Wildman–Crippen MR) is 74.7 cm³/mol. The molecule has 0 aromatic heterocycles. The number of primary amides is 1. The van der Waals surface area contributed by atoms with Crippen LogP contribution < -0.4 is 5.73 Å². The van der Waals surface area contributed by atoms with E-state index in [1.807, 2.05) is 44.2 Å². The number of hydrogen-bond acceptors (Lipinski definition) is 3. The number of rotatable bonds is 6. The van der Waals surface area contributed by atoms with Gasteiger partial charge in [0.1, 0.15) is 5.60 Å². The summed E-state index contributed by atoms with van der Waals surface area (Å²) in [5.41, 5.74) is 5.21. The molecule has 0 radical (unpaired) electrons. The first kappa shape index (κ1) is 15.5. The van der Waals surface area contributed by atoms with Gasteiger partial charge in [-0.25, -0.2) is 4.79 Å². The van der Waals surface area contributed by atoms with E-state index in [2.05, 4.69) is 0 Å². The first-order valence-electron chi connectivity index (χ1n) is 6.56. The lowest BCUT2D eigenvalue weighted by atomic mass is 9.82. The summed E-state index contributed by atoms with van der Waals surface area (Å²) in [6, 6.07) is 9.65. The molecule has 3 N–H and O–H groups in total. The average molecular weight is 265 g/mol. The fourth-order valence-electron chi connectivity index (χ4n) is 2.39. The largest absolute Gasteiger partial charge is 0.440 e. The van der Waals surface area contributed by atoms with Gasteiger partial charge in [-0.1, -0.05) is 44.2 Å². The Balaban J connectivity index is 3.04. The summed E-state index contributed by atoms with van der Waals surface area (Å²) in [5.74, 6) is 0.276. The van der Waals surface area contributed by atoms with Crippen LogP contribution in [0.25, 0.3) is 0 Å². The van der Waals surface area contributed by atoms with Crippen molar-refractivity contribution < 1.29 is 14.6 Å². The minimum atomic E-state index is -0.971. The van der Waals surface area contributed by atoms with Gasteiger partial charge in [-0.2, -0.15) is 0 Å². The number of carbonyl (C=O) groups excluding carboxylic acids is 1. The van der Waals surface area contributed by atoms with Gasteiger partial charge in [-0.15, -0.1) is 0 Å². The summed E-state index contributed by atoms with van der Waals surface area (Å²) in [7, 11) is 0. The van der Waals surface area contributed by atoms with E-state index in [1.54, 1.807) is 6.92 Å². The normalized spacial score (nSPS) is 15.8. The Morgan fingerprint density at radius 3 is 2.32 bits per heavy atom. The number of aliphatic hydroxyl groups excluding tert-OH is 1. The SMILES string of the molecule is CC(C)C[C@@](Cc1ccccc1)(OC(N)=O)C(C)O. The predicted octanol–water partition coefficient (Wildman–Crippen LogP) is 2.49. The Morgan fingerprint density at radius 1 is 1.32 bits per heavy atom. The number of aliphatic hydroxyl groups is 1. The van der Waals surface area contributed by atoms with Crippen molar-refractivity contribution in [3.8, 4) is 0 Å². The molecule has 1 aromatic rings. The van der Waals surface area contributed by atoms with E-state index in [4.69, 9.17) is 10.5 Å². The maximum absolute atomic E-state index is 11.2. The quantitative estimate of drug-likeness (QED) is 0.830. The molecule has 1 unspecified atom stereocenters. The van der Waals surface area contributed by atoms with E-state index in [1.165, 1.54) is 0 Å². The van der Waals surface area contributed by atoms with Crippen molar-refractivity contribution in [3.63, 3.8) is 0 Å². The molecule has 0 spiro atoms. The Bertz CT molecular complexity index is 403. The summed E-state index contributed by atoms with van der Waals surface area (Å²) in [5, 5.41) is 10.1. The van der Waals surface area contributed by atoms with E-state index in [0.29, 0.717) is 12.8 Å². The molecular weight excluding hydrogens is 242 g/mol. The molecule has 106 valence electrons. The van der Waals surface area contributed by atoms with Gasteiger partial charge >= 0.3 is 6.09 Å². The molecule has 0 aliphatic heterocycles. The standard InChI is InChI=1S/C15H23NO3/c1-11(2)9-15(12(3)17,19-14(16)18)10-13-7-5-4-6-8-13/h4-8,11-12,17H,9-10H2,1-3H3,(H2,16,18)/t12?,15-/m0/s1. The van der Waals surface area contributed by atoms with Crippen molar-refractivity contribution >= 4 is 6.09 Å². The molecule has 0 aliphatic carbocycles. The van der Waals surface area contributed by atoms with Crippen LogP contribution in [-0.4, -0.2) is 22.9 Å². The molecule has 0 heterocycles. The zero-order chi connectivity index (χ0) is 14.5. The van der Waals surface area contributed by atoms with Crippen LogP contribution in [0.3, 0.4) is 0 Å². The van der Waals surface area contributed by atoms with Crippen LogP contribution in [0.15, 0.2) is 30.3 Å². The van der Waals surface area contributed by atoms with Gasteiger partial charge in [0.2, 0.25) is 0 Å². The Kier molecular flexibility index (Phi) is 5.36. The van der Waals surface area contributed by atoms with Gasteiger partial charge in [-0.3, -0.25) is 0 Å². The van der Waals surface area contributed by atoms with E-state index in [9.17, 15) is 9.90 Å². The highest BCUT2D eigenvalue weighted by Crippen LogP contribution is 2.29. The Morgan fingerprint density at radius 2 is 1.89 bits per heavy atom. The average Bonchev–Trinajstić information content (AvgIpc) is 2.27. The minimum absolute atomic E-state index is 0.276. The number of benzene rings is 1. The van der Waals surface area contributed by atoms with Crippen molar-refractivity contribution in [2.75, 3.05) is 0 Å². The highest BCUT2D eigenvalue weighted by atomic mass is 16.6. The second-order valence-electron chi connectivity index (χ2n) is 5.42. The van der Waals surface area contributed by atoms with E-state index in [0.717, 1.165) is 5.56 Å². The van der Waals surface area contributed by atoms with E-state index < -0.39 is 17.8 Å². The third kappa shape index (κ3) is 4.56. The highest BCUT2D eigenvalue weighted by Gasteiger charge is 2.39. The fraction of sp³-hybridized carbons (Fsp3) is 0.533. The summed E-state index contributed by atoms with van der Waals surface area (Å²) < 4.78 is 5.30. The van der Waals surface area contributed by atoms with Gasteiger partial charge in [0.25, 0.3) is 0 Å². The highest BCUT2D eigenvalue weighted by molar-refractivity contribution is 5.65. The molecule has 4 nitrogen and oxygen atoms in total. The minimum Gasteiger partial charge on any atom is -0.440 e. The van der Waals surface area contributed by atoms with E-state index >= 15 is 0 Å². The lowest BCUT2D eigenvalue weighted by Crippen LogP contribution is -2.49. The second-order valence-corrected chi connectivity index (χ2v) is 5.42. The van der Waals surface area contributed by atoms with Gasteiger partial charge in [0, 0.05) is 6.42 Å². The van der Waals surface area contributed by atoms with Crippen molar-refractivity contribution in [3.05, 3.63) is 35.9 Å². The number of hydrogen-bond donors (Lipinski definition) is 2. The number of ether oxygens (including phenoxy) is 1. The molecular formula is C15H23NO3. The number of carbonyl (C=O) groups is 1. The maximum atomic E-state index is 11.2. The Labute approximate surface area is 114 Å². The van der Waals surface area contributed by atoms with Crippen molar-refractivity contribution in [1.82, 2.24) is 0 Å². The molecule has 0 bridgehead atoms. The van der Waals surface area contributed by atoms with Crippen LogP contribution in [0.1, 0.15) is 32.8 Å². The molecule has 2 atom stereocenters. The van der Waals surface area contributed by atoms with Gasteiger partial charge in [0.05, 0.1) is 6.10 Å². The van der Waals surface area contributed by atoms with Crippen LogP contribution >= 0.6 is 0 Å². The van der Waals surface area contributed by atoms with Gasteiger partial charge in [0.15, 0.2) is 0 Å². The van der Waals surface area contributed by atoms with Crippen LogP contribution in [0.2, 0.25) is 0 Å². The van der Waals surface area contributed by atoms with Crippen molar-refractivity contribution in [2.24, 2.45) is 11.7 Å². The molecule has 1 aromatic carbocycles. The molecule has 0 saturated heterocycles. The monoisotopic (exact) mass is 265 g/mol. The van der Waals surface area contributed by atoms with Crippen molar-refractivity contribution in [2.45, 2.75) is 45.3 Å². The third-order valence-electron chi connectivity index (χ3n) is 3.17. The zero-order valence-electron chi connectivity index (χ0n) is 11.8. The van der Waals surface area contributed by atoms with Crippen LogP contribution in [0, 0.1) is 5.92 Å².